The van der Waals surface area contributed by atoms with Crippen molar-refractivity contribution in [1.29, 1.82) is 10.5 Å². The zero-order valence-electron chi connectivity index (χ0n) is 12.8. The van der Waals surface area contributed by atoms with Crippen LogP contribution in [0.25, 0.3) is 0 Å². The molecule has 116 valence electrons. The van der Waals surface area contributed by atoms with Gasteiger partial charge in [0, 0.05) is 16.3 Å². The number of hydrogen-bond donors (Lipinski definition) is 0. The number of nitriles is 2. The fraction of sp³-hybridized carbons (Fsp3) is 0.421. The maximum atomic E-state index is 12.7. The first-order valence-electron chi connectivity index (χ1n) is 7.89. The van der Waals surface area contributed by atoms with Crippen LogP contribution in [-0.2, 0) is 4.79 Å². The van der Waals surface area contributed by atoms with Crippen molar-refractivity contribution in [2.24, 2.45) is 5.41 Å². The highest BCUT2D eigenvalue weighted by Crippen LogP contribution is 2.53. The van der Waals surface area contributed by atoms with E-state index in [1.54, 1.807) is 0 Å². The molecule has 0 N–H and O–H groups in total. The van der Waals surface area contributed by atoms with Crippen LogP contribution in [-0.4, -0.2) is 5.78 Å². The number of halogens is 1. The lowest BCUT2D eigenvalue weighted by Crippen LogP contribution is -2.29. The predicted molar refractivity (Wildman–Crippen MR) is 90.3 cm³/mol. The van der Waals surface area contributed by atoms with E-state index in [9.17, 15) is 4.79 Å². The Hall–Kier alpha value is -1.91. The second kappa shape index (κ2) is 6.30. The molecule has 2 atom stereocenters. The number of allylic oxidation sites excluding steroid dienone is 2. The van der Waals surface area contributed by atoms with Gasteiger partial charge in [0.05, 0.1) is 0 Å². The lowest BCUT2D eigenvalue weighted by atomic mass is 9.69. The van der Waals surface area contributed by atoms with Crippen LogP contribution in [0.15, 0.2) is 39.9 Å². The third-order valence-electron chi connectivity index (χ3n) is 5.26. The Morgan fingerprint density at radius 1 is 1.22 bits per heavy atom. The predicted octanol–water partition coefficient (Wildman–Crippen LogP) is 4.80. The first kappa shape index (κ1) is 16.0. The number of rotatable bonds is 1. The molecule has 0 amide bonds. The van der Waals surface area contributed by atoms with E-state index in [0.29, 0.717) is 18.6 Å². The van der Waals surface area contributed by atoms with Crippen molar-refractivity contribution in [3.05, 3.63) is 45.4 Å². The van der Waals surface area contributed by atoms with Crippen LogP contribution in [0, 0.1) is 28.1 Å². The summed E-state index contributed by atoms with van der Waals surface area (Å²) >= 11 is 3.44. The van der Waals surface area contributed by atoms with Crippen molar-refractivity contribution in [2.75, 3.05) is 0 Å². The molecule has 3 nitrogen and oxygen atoms in total. The molecule has 0 unspecified atom stereocenters. The number of carbonyl (C=O) groups excluding carboxylic acids is 1. The molecule has 0 radical (unpaired) electrons. The van der Waals surface area contributed by atoms with Crippen molar-refractivity contribution in [3.63, 3.8) is 0 Å². The summed E-state index contributed by atoms with van der Waals surface area (Å²) in [6, 6.07) is 12.2. The van der Waals surface area contributed by atoms with Crippen LogP contribution in [0.3, 0.4) is 0 Å². The van der Waals surface area contributed by atoms with E-state index in [-0.39, 0.29) is 16.9 Å². The van der Waals surface area contributed by atoms with E-state index in [0.717, 1.165) is 35.7 Å². The Balaban J connectivity index is 1.87. The second-order valence-corrected chi connectivity index (χ2v) is 7.51. The van der Waals surface area contributed by atoms with Crippen molar-refractivity contribution < 1.29 is 4.79 Å². The van der Waals surface area contributed by atoms with Gasteiger partial charge in [-0.05, 0) is 61.3 Å². The second-order valence-electron chi connectivity index (χ2n) is 6.59. The third-order valence-corrected chi connectivity index (χ3v) is 5.79. The van der Waals surface area contributed by atoms with Crippen LogP contribution in [0.1, 0.15) is 50.0 Å². The van der Waals surface area contributed by atoms with Crippen molar-refractivity contribution in [2.45, 2.75) is 44.4 Å². The Morgan fingerprint density at radius 3 is 2.57 bits per heavy atom. The van der Waals surface area contributed by atoms with Gasteiger partial charge in [-0.3, -0.25) is 4.79 Å². The Bertz CT molecular complexity index is 735. The average Bonchev–Trinajstić information content (AvgIpc) is 2.86. The summed E-state index contributed by atoms with van der Waals surface area (Å²) in [5.41, 5.74) is 1.94. The smallest absolute Gasteiger partial charge is 0.139 e. The summed E-state index contributed by atoms with van der Waals surface area (Å²) in [7, 11) is 0. The molecule has 2 aliphatic rings. The number of ketones is 1. The quantitative estimate of drug-likeness (QED) is 0.668. The molecule has 0 bridgehead atoms. The van der Waals surface area contributed by atoms with Crippen LogP contribution in [0.5, 0.6) is 0 Å². The molecular formula is C19H17BrN2O. The van der Waals surface area contributed by atoms with Gasteiger partial charge >= 0.3 is 0 Å². The summed E-state index contributed by atoms with van der Waals surface area (Å²) in [6.07, 6.45) is 4.54. The maximum Gasteiger partial charge on any atom is 0.139 e. The number of carbonyl (C=O) groups is 1. The van der Waals surface area contributed by atoms with Crippen LogP contribution < -0.4 is 0 Å². The lowest BCUT2D eigenvalue weighted by Gasteiger charge is -2.33. The van der Waals surface area contributed by atoms with E-state index in [4.69, 9.17) is 10.5 Å². The van der Waals surface area contributed by atoms with Gasteiger partial charge in [-0.15, -0.1) is 0 Å². The van der Waals surface area contributed by atoms with Gasteiger partial charge in [0.15, 0.2) is 0 Å². The summed E-state index contributed by atoms with van der Waals surface area (Å²) in [5.74, 6) is 0.556. The standard InChI is InChI=1S/C19H17BrN2O/c20-17-5-3-13(4-6-17)15-8-18(23)19(10-15)7-1-2-14(9-19)16(11-21)12-22/h3-6,15H,1-2,7-10H2/t15-,19+/m1/s1. The van der Waals surface area contributed by atoms with Crippen molar-refractivity contribution in [1.82, 2.24) is 0 Å². The van der Waals surface area contributed by atoms with Gasteiger partial charge in [-0.25, -0.2) is 0 Å². The van der Waals surface area contributed by atoms with E-state index >= 15 is 0 Å². The molecule has 1 aromatic rings. The highest BCUT2D eigenvalue weighted by Gasteiger charge is 2.48. The summed E-state index contributed by atoms with van der Waals surface area (Å²) in [6.45, 7) is 0. The summed E-state index contributed by atoms with van der Waals surface area (Å²) in [5, 5.41) is 18.2. The molecule has 2 aliphatic carbocycles. The van der Waals surface area contributed by atoms with Gasteiger partial charge in [-0.1, -0.05) is 28.1 Å². The zero-order valence-corrected chi connectivity index (χ0v) is 14.4. The molecule has 4 heteroatoms. The molecule has 1 spiro atoms. The van der Waals surface area contributed by atoms with Gasteiger partial charge in [0.1, 0.15) is 23.5 Å². The molecule has 2 fully saturated rings. The summed E-state index contributed by atoms with van der Waals surface area (Å²) < 4.78 is 1.04. The molecule has 3 rings (SSSR count). The molecular weight excluding hydrogens is 352 g/mol. The highest BCUT2D eigenvalue weighted by atomic mass is 79.9. The normalized spacial score (nSPS) is 26.8. The number of nitrogens with zero attached hydrogens (tertiary/aromatic N) is 2. The Kier molecular flexibility index (Phi) is 4.37. The van der Waals surface area contributed by atoms with Gasteiger partial charge in [-0.2, -0.15) is 10.5 Å². The van der Waals surface area contributed by atoms with E-state index < -0.39 is 0 Å². The van der Waals surface area contributed by atoms with E-state index in [1.165, 1.54) is 5.56 Å². The highest BCUT2D eigenvalue weighted by molar-refractivity contribution is 9.10. The molecule has 0 aliphatic heterocycles. The Labute approximate surface area is 144 Å². The van der Waals surface area contributed by atoms with Crippen molar-refractivity contribution in [3.8, 4) is 12.1 Å². The minimum absolute atomic E-state index is 0.212. The molecule has 2 saturated carbocycles. The molecule has 0 saturated heterocycles. The van der Waals surface area contributed by atoms with Crippen LogP contribution in [0.4, 0.5) is 0 Å². The molecule has 23 heavy (non-hydrogen) atoms. The van der Waals surface area contributed by atoms with Crippen molar-refractivity contribution >= 4 is 21.7 Å². The fourth-order valence-electron chi connectivity index (χ4n) is 4.10. The van der Waals surface area contributed by atoms with Gasteiger partial charge in [0.25, 0.3) is 0 Å². The third kappa shape index (κ3) is 2.96. The first-order chi connectivity index (χ1) is 11.1. The average molecular weight is 369 g/mol. The minimum atomic E-state index is -0.357. The summed E-state index contributed by atoms with van der Waals surface area (Å²) in [4.78, 5) is 12.7. The Morgan fingerprint density at radius 2 is 1.91 bits per heavy atom. The lowest BCUT2D eigenvalue weighted by molar-refractivity contribution is -0.126. The van der Waals surface area contributed by atoms with Crippen LogP contribution in [0.2, 0.25) is 0 Å². The van der Waals surface area contributed by atoms with Crippen LogP contribution >= 0.6 is 15.9 Å². The molecule has 0 aromatic heterocycles. The number of Topliss-reactive ketones (excluding diaryl/α,β-unsaturated/α-hetero) is 1. The zero-order chi connectivity index (χ0) is 16.4. The minimum Gasteiger partial charge on any atom is -0.299 e. The number of hydrogen-bond acceptors (Lipinski definition) is 3. The molecule has 0 heterocycles. The largest absolute Gasteiger partial charge is 0.299 e. The van der Waals surface area contributed by atoms with Gasteiger partial charge < -0.3 is 0 Å². The SMILES string of the molecule is N#CC(C#N)=C1CCC[C@]2(C1)C[C@H](c1ccc(Br)cc1)CC2=O. The first-order valence-corrected chi connectivity index (χ1v) is 8.68. The monoisotopic (exact) mass is 368 g/mol. The van der Waals surface area contributed by atoms with E-state index in [1.807, 2.05) is 24.3 Å². The molecule has 1 aromatic carbocycles. The maximum absolute atomic E-state index is 12.7. The topological polar surface area (TPSA) is 64.7 Å². The number of benzene rings is 1. The fourth-order valence-corrected chi connectivity index (χ4v) is 4.37. The van der Waals surface area contributed by atoms with E-state index in [2.05, 4.69) is 28.1 Å². The van der Waals surface area contributed by atoms with Gasteiger partial charge in [0.2, 0.25) is 0 Å².